The standard InChI is InChI=1S/C24H38N2O4/c1-14(2)9-17-13-26-8-7-16-10-21(28-5)22(29-6)11-18(16)19(26)12-20(17)30-24(27)23(25)15(3)4/h10-11,14-15,17,19-20,23H,7-9,12-13,25H2,1-6H3/t17?,19?,20?,23-/m0/s1/i1D3,3D3,4D3,5D3,7D2,8D2,9D2,12D2,13D2,14D,15D,17D,19D,20D,23D/t14?,17?,19?,20?,23-. The van der Waals surface area contributed by atoms with E-state index in [0.717, 1.165) is 7.11 Å². The van der Waals surface area contributed by atoms with E-state index < -0.39 is 129 Å². The minimum absolute atomic E-state index is 0.180. The first-order valence-corrected chi connectivity index (χ1v) is 8.25. The Morgan fingerprint density at radius 1 is 1.43 bits per heavy atom. The Bertz CT molecular complexity index is 1800. The fourth-order valence-corrected chi connectivity index (χ4v) is 2.53. The minimum Gasteiger partial charge on any atom is -0.493 e. The Hall–Kier alpha value is -1.79. The van der Waals surface area contributed by atoms with E-state index >= 15 is 0 Å². The molecule has 0 spiro atoms. The van der Waals surface area contributed by atoms with Gasteiger partial charge >= 0.3 is 5.97 Å². The van der Waals surface area contributed by atoms with Gasteiger partial charge in [-0.15, -0.1) is 0 Å². The minimum atomic E-state index is -5.12. The summed E-state index contributed by atoms with van der Waals surface area (Å²) in [5.74, 6) is -18.3. The fourth-order valence-electron chi connectivity index (χ4n) is 2.53. The van der Waals surface area contributed by atoms with Gasteiger partial charge in [0.15, 0.2) is 11.5 Å². The van der Waals surface area contributed by atoms with Gasteiger partial charge < -0.3 is 19.9 Å². The van der Waals surface area contributed by atoms with Crippen LogP contribution in [0, 0.1) is 17.7 Å². The van der Waals surface area contributed by atoms with Crippen LogP contribution in [-0.4, -0.2) is 50.1 Å². The van der Waals surface area contributed by atoms with Gasteiger partial charge in [-0.1, -0.05) is 27.5 Å². The third-order valence-corrected chi connectivity index (χ3v) is 3.87. The summed E-state index contributed by atoms with van der Waals surface area (Å²) >= 11 is 0. The van der Waals surface area contributed by atoms with E-state index in [1.54, 1.807) is 0 Å². The van der Waals surface area contributed by atoms with E-state index in [4.69, 9.17) is 48.7 Å². The second kappa shape index (κ2) is 9.56. The largest absolute Gasteiger partial charge is 0.493 e. The number of hydrogen-bond donors (Lipinski definition) is 1. The molecule has 0 aliphatic carbocycles. The molecule has 6 nitrogen and oxygen atoms in total. The van der Waals surface area contributed by atoms with Crippen LogP contribution in [0.15, 0.2) is 12.1 Å². The van der Waals surface area contributed by atoms with Crippen molar-refractivity contribution in [3.63, 3.8) is 0 Å². The van der Waals surface area contributed by atoms with Gasteiger partial charge in [0, 0.05) is 61.4 Å². The number of nitrogens with zero attached hydrogens (tertiary/aromatic N) is 1. The summed E-state index contributed by atoms with van der Waals surface area (Å²) in [6, 6.07) is -8.06. The molecular formula is C24H38N2O4. The maximum Gasteiger partial charge on any atom is 0.323 e. The Morgan fingerprint density at radius 2 is 2.23 bits per heavy atom. The third kappa shape index (κ3) is 4.75. The number of piperidine rings is 1. The van der Waals surface area contributed by atoms with Crippen molar-refractivity contribution in [2.75, 3.05) is 27.1 Å². The van der Waals surface area contributed by atoms with Gasteiger partial charge in [0.25, 0.3) is 0 Å². The van der Waals surface area contributed by atoms with Crippen LogP contribution in [0.5, 0.6) is 11.5 Å². The lowest BCUT2D eigenvalue weighted by Crippen LogP contribution is -2.51. The normalized spacial score (nSPS) is 58.2. The summed E-state index contributed by atoms with van der Waals surface area (Å²) < 4.78 is 251. The van der Waals surface area contributed by atoms with Gasteiger partial charge in [-0.2, -0.15) is 0 Å². The number of fused-ring (bicyclic) bond motifs is 3. The molecule has 2 heterocycles. The number of nitrogens with two attached hydrogens (primary N) is 1. The number of aryl methyl sites for hydroxylation is 1. The van der Waals surface area contributed by atoms with E-state index in [-0.39, 0.29) is 6.92 Å². The number of carbonyl (C=O) groups excluding carboxylic acids is 1. The van der Waals surface area contributed by atoms with Crippen molar-refractivity contribution in [3.8, 4) is 11.5 Å². The summed E-state index contributed by atoms with van der Waals surface area (Å²) in [5.41, 5.74) is 2.99. The highest BCUT2D eigenvalue weighted by atomic mass is 16.5. The Balaban J connectivity index is 2.76. The maximum absolute atomic E-state index is 14.0. The first-order valence-electron chi connectivity index (χ1n) is 22.2. The van der Waals surface area contributed by atoms with Crippen molar-refractivity contribution in [3.05, 3.63) is 23.3 Å². The smallest absolute Gasteiger partial charge is 0.323 e. The number of methoxy groups -OCH3 is 2. The molecule has 5 atom stereocenters. The maximum atomic E-state index is 14.0. The number of carbonyl (C=O) groups is 1. The lowest BCUT2D eigenvalue weighted by Gasteiger charge is -2.47. The fraction of sp³-hybridized carbons (Fsp3) is 0.708. The highest BCUT2D eigenvalue weighted by molar-refractivity contribution is 5.76. The molecular weight excluding hydrogens is 380 g/mol. The van der Waals surface area contributed by atoms with Crippen LogP contribution >= 0.6 is 0 Å². The van der Waals surface area contributed by atoms with Crippen LogP contribution in [0.4, 0.5) is 0 Å². The van der Waals surface area contributed by atoms with Crippen molar-refractivity contribution in [1.82, 2.24) is 4.90 Å². The molecule has 1 aromatic carbocycles. The number of benzene rings is 1. The zero-order valence-electron chi connectivity index (χ0n) is 43.8. The number of ether oxygens (including phenoxy) is 3. The SMILES string of the molecule is [2H]C([2H])([2H])Oc1cc2c(cc1OC)C1([2H])N(C([2H])([2H])C2([2H])[2H])C([2H])([2H])C([2H])(C([2H])([2H])C([2H])(C)C([2H])([2H])[2H])C([2H])(OC(=O)[C@@]([2H])(N)C([2H])(C([2H])([2H])[2H])C([2H])([2H])[2H])C1([2H])[2H]. The van der Waals surface area contributed by atoms with Crippen LogP contribution in [0.25, 0.3) is 0 Å². The lowest BCUT2D eigenvalue weighted by molar-refractivity contribution is -0.160. The van der Waals surface area contributed by atoms with Crippen LogP contribution in [-0.2, 0) is 15.9 Å². The van der Waals surface area contributed by atoms with Crippen molar-refractivity contribution < 1.29 is 57.4 Å². The quantitative estimate of drug-likeness (QED) is 0.646. The predicted octanol–water partition coefficient (Wildman–Crippen LogP) is 3.56. The van der Waals surface area contributed by atoms with Gasteiger partial charge in [0.1, 0.15) is 12.1 Å². The van der Waals surface area contributed by atoms with Gasteiger partial charge in [-0.25, -0.2) is 0 Å². The van der Waals surface area contributed by atoms with E-state index in [1.165, 1.54) is 0 Å². The van der Waals surface area contributed by atoms with Crippen LogP contribution in [0.1, 0.15) is 95.8 Å². The first kappa shape index (κ1) is 6.16. The van der Waals surface area contributed by atoms with Crippen molar-refractivity contribution in [1.29, 1.82) is 0 Å². The van der Waals surface area contributed by atoms with Crippen LogP contribution in [0.2, 0.25) is 0 Å². The summed E-state index contributed by atoms with van der Waals surface area (Å²) in [6.45, 7) is -21.6. The third-order valence-electron chi connectivity index (χ3n) is 3.87. The lowest BCUT2D eigenvalue weighted by atomic mass is 9.79. The summed E-state index contributed by atoms with van der Waals surface area (Å²) in [5, 5.41) is 0. The second-order valence-corrected chi connectivity index (χ2v) is 5.94. The van der Waals surface area contributed by atoms with E-state index in [0.29, 0.717) is 12.1 Å². The summed E-state index contributed by atoms with van der Waals surface area (Å²) in [7, 11) is -2.52. The molecule has 30 heavy (non-hydrogen) atoms. The molecule has 0 amide bonds. The molecule has 1 aromatic rings. The van der Waals surface area contributed by atoms with Crippen LogP contribution in [0.3, 0.4) is 0 Å². The van der Waals surface area contributed by atoms with Gasteiger partial charge in [0.2, 0.25) is 0 Å². The number of rotatable bonds is 7. The van der Waals surface area contributed by atoms with E-state index in [1.807, 2.05) is 0 Å². The van der Waals surface area contributed by atoms with E-state index in [9.17, 15) is 14.4 Å². The molecule has 2 N–H and O–H groups in total. The molecule has 4 unspecified atom stereocenters. The molecule has 0 radical (unpaired) electrons. The van der Waals surface area contributed by atoms with E-state index in [2.05, 4.69) is 0 Å². The summed E-state index contributed by atoms with van der Waals surface area (Å²) in [4.78, 5) is 13.3. The first-order chi connectivity index (χ1) is 25.0. The van der Waals surface area contributed by atoms with Gasteiger partial charge in [0.05, 0.1) is 22.4 Å². The molecule has 2 aliphatic rings. The monoisotopic (exact) mass is 446 g/mol. The Labute approximate surface area is 220 Å². The average molecular weight is 447 g/mol. The molecule has 6 heteroatoms. The molecule has 1 fully saturated rings. The van der Waals surface area contributed by atoms with Crippen LogP contribution < -0.4 is 15.2 Å². The van der Waals surface area contributed by atoms with Gasteiger partial charge in [-0.05, 0) is 47.8 Å². The average Bonchev–Trinajstić information content (AvgIpc) is 2.99. The number of esters is 1. The zero-order valence-corrected chi connectivity index (χ0v) is 15.8. The highest BCUT2D eigenvalue weighted by Crippen LogP contribution is 2.44. The van der Waals surface area contributed by atoms with Gasteiger partial charge in [-0.3, -0.25) is 9.69 Å². The molecule has 3 rings (SSSR count). The molecule has 0 bridgehead atoms. The van der Waals surface area contributed by atoms with Crippen molar-refractivity contribution in [2.45, 2.75) is 64.7 Å². The molecule has 0 saturated carbocycles. The van der Waals surface area contributed by atoms with Crippen molar-refractivity contribution in [2.24, 2.45) is 23.4 Å². The Kier molecular flexibility index (Phi) is 1.97. The molecule has 168 valence electrons. The number of hydrogen-bond acceptors (Lipinski definition) is 6. The topological polar surface area (TPSA) is 74.0 Å². The molecule has 2 aliphatic heterocycles. The Morgan fingerprint density at radius 3 is 2.93 bits per heavy atom. The molecule has 0 aromatic heterocycles. The highest BCUT2D eigenvalue weighted by Gasteiger charge is 2.41. The zero-order chi connectivity index (χ0) is 46.5. The summed E-state index contributed by atoms with van der Waals surface area (Å²) in [6.07, 6.45) is -18.5. The van der Waals surface area contributed by atoms with Crippen molar-refractivity contribution >= 4 is 5.97 Å². The predicted molar refractivity (Wildman–Crippen MR) is 118 cm³/mol. The second-order valence-electron chi connectivity index (χ2n) is 5.94. The molecule has 1 saturated heterocycles.